The Kier molecular flexibility index (Phi) is 5.04. The van der Waals surface area contributed by atoms with E-state index in [-0.39, 0.29) is 17.7 Å². The second kappa shape index (κ2) is 6.41. The number of rotatable bonds is 3. The van der Waals surface area contributed by atoms with Crippen LogP contribution in [0.25, 0.3) is 0 Å². The number of amides is 1. The molecule has 0 aromatic carbocycles. The van der Waals surface area contributed by atoms with Gasteiger partial charge in [0.15, 0.2) is 0 Å². The Morgan fingerprint density at radius 3 is 2.85 bits per heavy atom. The largest absolute Gasteiger partial charge is 0.394 e. The summed E-state index contributed by atoms with van der Waals surface area (Å²) in [7, 11) is 0. The van der Waals surface area contributed by atoms with Gasteiger partial charge in [0.1, 0.15) is 5.15 Å². The summed E-state index contributed by atoms with van der Waals surface area (Å²) in [4.78, 5) is 16.3. The lowest BCUT2D eigenvalue weighted by Gasteiger charge is -2.38. The smallest absolute Gasteiger partial charge is 0.254 e. The molecule has 1 saturated carbocycles. The lowest BCUT2D eigenvalue weighted by molar-refractivity contribution is 0.0717. The number of hydrogen-bond acceptors (Lipinski definition) is 3. The third-order valence-corrected chi connectivity index (χ3v) is 4.70. The molecule has 1 aliphatic rings. The summed E-state index contributed by atoms with van der Waals surface area (Å²) < 4.78 is 0.697. The number of nitrogens with zero attached hydrogens (tertiary/aromatic N) is 1. The van der Waals surface area contributed by atoms with Crippen LogP contribution in [0.4, 0.5) is 0 Å². The summed E-state index contributed by atoms with van der Waals surface area (Å²) in [5.74, 6) is 0.357. The normalized spacial score (nSPS) is 26.3. The van der Waals surface area contributed by atoms with Crippen LogP contribution in [0.2, 0.25) is 5.15 Å². The summed E-state index contributed by atoms with van der Waals surface area (Å²) in [6.45, 7) is 2.14. The molecule has 0 saturated heterocycles. The van der Waals surface area contributed by atoms with Crippen LogP contribution < -0.4 is 5.32 Å². The van der Waals surface area contributed by atoms with Crippen LogP contribution in [0.3, 0.4) is 0 Å². The predicted molar refractivity (Wildman–Crippen MR) is 81.9 cm³/mol. The first kappa shape index (κ1) is 15.7. The Morgan fingerprint density at radius 2 is 2.25 bits per heavy atom. The van der Waals surface area contributed by atoms with Crippen molar-refractivity contribution in [3.63, 3.8) is 0 Å². The number of carbonyl (C=O) groups is 1. The zero-order valence-electron chi connectivity index (χ0n) is 11.3. The zero-order valence-corrected chi connectivity index (χ0v) is 13.7. The molecule has 0 aliphatic heterocycles. The van der Waals surface area contributed by atoms with Gasteiger partial charge in [0.05, 0.1) is 17.7 Å². The van der Waals surface area contributed by atoms with E-state index >= 15 is 0 Å². The standard InChI is InChI=1S/C14H18BrClN2O2/c1-9-2-4-14(8-19,5-3-9)18-13(20)11-6-10(15)7-17-12(11)16/h6-7,9,19H,2-5,8H2,1H3,(H,18,20). The van der Waals surface area contributed by atoms with Crippen LogP contribution in [-0.4, -0.2) is 28.1 Å². The van der Waals surface area contributed by atoms with Crippen LogP contribution >= 0.6 is 27.5 Å². The average molecular weight is 362 g/mol. The molecule has 1 fully saturated rings. The van der Waals surface area contributed by atoms with E-state index in [1.165, 1.54) is 0 Å². The van der Waals surface area contributed by atoms with Gasteiger partial charge in [-0.15, -0.1) is 0 Å². The minimum absolute atomic E-state index is 0.0511. The van der Waals surface area contributed by atoms with Gasteiger partial charge in [-0.2, -0.15) is 0 Å². The molecule has 0 unspecified atom stereocenters. The van der Waals surface area contributed by atoms with E-state index in [1.807, 2.05) is 0 Å². The molecular weight excluding hydrogens is 344 g/mol. The highest BCUT2D eigenvalue weighted by atomic mass is 79.9. The molecule has 20 heavy (non-hydrogen) atoms. The molecule has 0 spiro atoms. The molecule has 2 N–H and O–H groups in total. The van der Waals surface area contributed by atoms with Crippen molar-refractivity contribution in [3.05, 3.63) is 27.5 Å². The fourth-order valence-corrected chi connectivity index (χ4v) is 3.05. The number of aromatic nitrogens is 1. The van der Waals surface area contributed by atoms with E-state index in [9.17, 15) is 9.90 Å². The molecule has 2 rings (SSSR count). The van der Waals surface area contributed by atoms with E-state index in [2.05, 4.69) is 33.2 Å². The topological polar surface area (TPSA) is 62.2 Å². The second-order valence-electron chi connectivity index (χ2n) is 5.57. The van der Waals surface area contributed by atoms with Crippen LogP contribution in [0, 0.1) is 5.92 Å². The van der Waals surface area contributed by atoms with Gasteiger partial charge >= 0.3 is 0 Å². The Labute approximate surface area is 132 Å². The first-order valence-corrected chi connectivity index (χ1v) is 7.87. The van der Waals surface area contributed by atoms with E-state index < -0.39 is 5.54 Å². The fraction of sp³-hybridized carbons (Fsp3) is 0.571. The molecule has 110 valence electrons. The van der Waals surface area contributed by atoms with Crippen molar-refractivity contribution in [1.82, 2.24) is 10.3 Å². The molecule has 0 radical (unpaired) electrons. The van der Waals surface area contributed by atoms with Crippen molar-refractivity contribution in [1.29, 1.82) is 0 Å². The zero-order chi connectivity index (χ0) is 14.8. The van der Waals surface area contributed by atoms with Crippen molar-refractivity contribution < 1.29 is 9.90 Å². The van der Waals surface area contributed by atoms with Gasteiger partial charge < -0.3 is 10.4 Å². The number of carbonyl (C=O) groups excluding carboxylic acids is 1. The molecule has 4 nitrogen and oxygen atoms in total. The maximum absolute atomic E-state index is 12.4. The van der Waals surface area contributed by atoms with Gasteiger partial charge in [-0.1, -0.05) is 18.5 Å². The van der Waals surface area contributed by atoms with Crippen LogP contribution in [0.1, 0.15) is 43.0 Å². The number of pyridine rings is 1. The van der Waals surface area contributed by atoms with Crippen molar-refractivity contribution >= 4 is 33.4 Å². The third kappa shape index (κ3) is 3.51. The summed E-state index contributed by atoms with van der Waals surface area (Å²) in [5, 5.41) is 12.8. The SMILES string of the molecule is CC1CCC(CO)(NC(=O)c2cc(Br)cnc2Cl)CC1. The highest BCUT2D eigenvalue weighted by Crippen LogP contribution is 2.32. The van der Waals surface area contributed by atoms with Crippen molar-refractivity contribution in [2.75, 3.05) is 6.61 Å². The van der Waals surface area contributed by atoms with Gasteiger partial charge in [0, 0.05) is 10.7 Å². The maximum atomic E-state index is 12.4. The second-order valence-corrected chi connectivity index (χ2v) is 6.84. The summed E-state index contributed by atoms with van der Waals surface area (Å²) >= 11 is 9.24. The van der Waals surface area contributed by atoms with Crippen LogP contribution in [0.5, 0.6) is 0 Å². The summed E-state index contributed by atoms with van der Waals surface area (Å²) in [5.41, 5.74) is -0.206. The number of halogens is 2. The maximum Gasteiger partial charge on any atom is 0.254 e. The van der Waals surface area contributed by atoms with Crippen LogP contribution in [-0.2, 0) is 0 Å². The highest BCUT2D eigenvalue weighted by Gasteiger charge is 2.35. The minimum atomic E-state index is -0.533. The molecule has 0 atom stereocenters. The van der Waals surface area contributed by atoms with E-state index in [0.717, 1.165) is 25.7 Å². The Balaban J connectivity index is 2.15. The van der Waals surface area contributed by atoms with E-state index in [0.29, 0.717) is 16.0 Å². The monoisotopic (exact) mass is 360 g/mol. The highest BCUT2D eigenvalue weighted by molar-refractivity contribution is 9.10. The van der Waals surface area contributed by atoms with Crippen LogP contribution in [0.15, 0.2) is 16.7 Å². The lowest BCUT2D eigenvalue weighted by Crippen LogP contribution is -2.53. The first-order chi connectivity index (χ1) is 9.46. The number of aliphatic hydroxyl groups excluding tert-OH is 1. The predicted octanol–water partition coefficient (Wildman–Crippen LogP) is 3.17. The Hall–Kier alpha value is -0.650. The van der Waals surface area contributed by atoms with E-state index in [4.69, 9.17) is 11.6 Å². The molecule has 1 heterocycles. The summed E-state index contributed by atoms with van der Waals surface area (Å²) in [6.07, 6.45) is 5.13. The lowest BCUT2D eigenvalue weighted by atomic mass is 9.77. The van der Waals surface area contributed by atoms with Crippen molar-refractivity contribution in [3.8, 4) is 0 Å². The van der Waals surface area contributed by atoms with Gasteiger partial charge in [0.2, 0.25) is 0 Å². The average Bonchev–Trinajstić information content (AvgIpc) is 2.44. The number of aliphatic hydroxyl groups is 1. The number of nitrogens with one attached hydrogen (secondary N) is 1. The molecule has 1 aromatic rings. The third-order valence-electron chi connectivity index (χ3n) is 3.96. The van der Waals surface area contributed by atoms with Gasteiger partial charge in [-0.3, -0.25) is 4.79 Å². The van der Waals surface area contributed by atoms with Gasteiger partial charge in [-0.25, -0.2) is 4.98 Å². The molecule has 0 bridgehead atoms. The van der Waals surface area contributed by atoms with Gasteiger partial charge in [-0.05, 0) is 53.6 Å². The minimum Gasteiger partial charge on any atom is -0.394 e. The number of hydrogen-bond donors (Lipinski definition) is 2. The van der Waals surface area contributed by atoms with Crippen molar-refractivity contribution in [2.24, 2.45) is 5.92 Å². The Bertz CT molecular complexity index is 502. The Morgan fingerprint density at radius 1 is 1.60 bits per heavy atom. The fourth-order valence-electron chi connectivity index (χ4n) is 2.53. The molecule has 1 aromatic heterocycles. The first-order valence-electron chi connectivity index (χ1n) is 6.70. The van der Waals surface area contributed by atoms with Crippen molar-refractivity contribution in [2.45, 2.75) is 38.1 Å². The van der Waals surface area contributed by atoms with Gasteiger partial charge in [0.25, 0.3) is 5.91 Å². The summed E-state index contributed by atoms with van der Waals surface area (Å²) in [6, 6.07) is 1.64. The molecular formula is C14H18BrClN2O2. The molecule has 1 aliphatic carbocycles. The molecule has 6 heteroatoms. The van der Waals surface area contributed by atoms with E-state index in [1.54, 1.807) is 12.3 Å². The quantitative estimate of drug-likeness (QED) is 0.813. The molecule has 1 amide bonds.